The van der Waals surface area contributed by atoms with Gasteiger partial charge < -0.3 is 15.0 Å². The van der Waals surface area contributed by atoms with Gasteiger partial charge in [0, 0.05) is 33.3 Å². The zero-order valence-corrected chi connectivity index (χ0v) is 10.1. The number of anilines is 1. The van der Waals surface area contributed by atoms with Crippen molar-refractivity contribution >= 4 is 5.95 Å². The molecule has 0 aromatic carbocycles. The highest BCUT2D eigenvalue weighted by Crippen LogP contribution is 2.21. The Bertz CT molecular complexity index is 343. The van der Waals surface area contributed by atoms with E-state index in [1.807, 2.05) is 13.8 Å². The summed E-state index contributed by atoms with van der Waals surface area (Å²) >= 11 is 0. The van der Waals surface area contributed by atoms with E-state index in [1.165, 1.54) is 0 Å². The van der Waals surface area contributed by atoms with Crippen molar-refractivity contribution in [1.82, 2.24) is 20.5 Å². The molecule has 0 saturated carbocycles. The highest BCUT2D eigenvalue weighted by molar-refractivity contribution is 5.30. The van der Waals surface area contributed by atoms with E-state index in [4.69, 9.17) is 4.74 Å². The van der Waals surface area contributed by atoms with Crippen molar-refractivity contribution in [3.8, 4) is 0 Å². The topological polar surface area (TPSA) is 66.1 Å². The van der Waals surface area contributed by atoms with Crippen molar-refractivity contribution in [3.63, 3.8) is 0 Å². The van der Waals surface area contributed by atoms with Gasteiger partial charge in [-0.15, -0.1) is 5.10 Å². The summed E-state index contributed by atoms with van der Waals surface area (Å²) in [5, 5.41) is 10.5. The summed E-state index contributed by atoms with van der Waals surface area (Å²) in [7, 11) is 1.67. The molecule has 0 radical (unpaired) electrons. The van der Waals surface area contributed by atoms with Crippen LogP contribution in [0.25, 0.3) is 0 Å². The molecule has 0 unspecified atom stereocenters. The van der Waals surface area contributed by atoms with Gasteiger partial charge in [0.1, 0.15) is 5.60 Å². The number of hydrogen-bond acceptors (Lipinski definition) is 5. The Hall–Kier alpha value is -1.14. The van der Waals surface area contributed by atoms with Gasteiger partial charge in [0.15, 0.2) is 5.82 Å². The smallest absolute Gasteiger partial charge is 0.244 e. The normalized spacial score (nSPS) is 17.8. The van der Waals surface area contributed by atoms with E-state index < -0.39 is 5.60 Å². The van der Waals surface area contributed by atoms with Gasteiger partial charge in [-0.05, 0) is 13.8 Å². The van der Waals surface area contributed by atoms with Crippen molar-refractivity contribution in [2.45, 2.75) is 19.4 Å². The minimum absolute atomic E-state index is 0.417. The number of rotatable bonds is 3. The molecule has 2 heterocycles. The van der Waals surface area contributed by atoms with E-state index in [-0.39, 0.29) is 0 Å². The van der Waals surface area contributed by atoms with Gasteiger partial charge in [-0.1, -0.05) is 0 Å². The van der Waals surface area contributed by atoms with Crippen LogP contribution in [-0.2, 0) is 10.3 Å². The van der Waals surface area contributed by atoms with Crippen LogP contribution < -0.4 is 10.2 Å². The van der Waals surface area contributed by atoms with E-state index in [2.05, 4.69) is 25.4 Å². The van der Waals surface area contributed by atoms with Crippen LogP contribution in [0.15, 0.2) is 0 Å². The maximum absolute atomic E-state index is 5.36. The summed E-state index contributed by atoms with van der Waals surface area (Å²) in [6, 6.07) is 0. The maximum atomic E-state index is 5.36. The number of methoxy groups -OCH3 is 1. The first-order valence-electron chi connectivity index (χ1n) is 5.57. The number of ether oxygens (including phenoxy) is 1. The number of aromatic amines is 1. The predicted octanol–water partition coefficient (Wildman–Crippen LogP) is 0.0958. The molecule has 2 rings (SSSR count). The fourth-order valence-electron chi connectivity index (χ4n) is 1.63. The van der Waals surface area contributed by atoms with Crippen LogP contribution in [-0.4, -0.2) is 48.5 Å². The van der Waals surface area contributed by atoms with E-state index in [0.717, 1.165) is 38.0 Å². The molecule has 0 amide bonds. The molecule has 0 atom stereocenters. The van der Waals surface area contributed by atoms with Crippen LogP contribution >= 0.6 is 0 Å². The van der Waals surface area contributed by atoms with Gasteiger partial charge in [0.25, 0.3) is 0 Å². The average Bonchev–Trinajstić information content (AvgIpc) is 2.80. The molecule has 1 aliphatic heterocycles. The Morgan fingerprint density at radius 1 is 1.31 bits per heavy atom. The second kappa shape index (κ2) is 4.39. The first kappa shape index (κ1) is 11.3. The number of nitrogens with zero attached hydrogens (tertiary/aromatic N) is 3. The van der Waals surface area contributed by atoms with Crippen molar-refractivity contribution in [2.24, 2.45) is 0 Å². The molecule has 16 heavy (non-hydrogen) atoms. The Balaban J connectivity index is 2.12. The number of hydrogen-bond donors (Lipinski definition) is 2. The molecule has 6 heteroatoms. The first-order chi connectivity index (χ1) is 7.63. The van der Waals surface area contributed by atoms with Crippen LogP contribution in [0, 0.1) is 0 Å². The Morgan fingerprint density at radius 2 is 2.00 bits per heavy atom. The SMILES string of the molecule is COC(C)(C)c1nc(N2CCNCC2)n[nH]1. The summed E-state index contributed by atoms with van der Waals surface area (Å²) < 4.78 is 5.36. The molecule has 0 aliphatic carbocycles. The fourth-order valence-corrected chi connectivity index (χ4v) is 1.63. The molecule has 0 bridgehead atoms. The van der Waals surface area contributed by atoms with E-state index in [0.29, 0.717) is 0 Å². The molecular weight excluding hydrogens is 206 g/mol. The molecule has 1 aliphatic rings. The number of H-pyrrole nitrogens is 1. The maximum Gasteiger partial charge on any atom is 0.244 e. The molecule has 90 valence electrons. The van der Waals surface area contributed by atoms with Gasteiger partial charge in [0.05, 0.1) is 0 Å². The van der Waals surface area contributed by atoms with Gasteiger partial charge in [-0.3, -0.25) is 5.10 Å². The lowest BCUT2D eigenvalue weighted by atomic mass is 10.1. The largest absolute Gasteiger partial charge is 0.371 e. The number of nitrogens with one attached hydrogen (secondary N) is 2. The average molecular weight is 225 g/mol. The highest BCUT2D eigenvalue weighted by Gasteiger charge is 2.25. The second-order valence-corrected chi connectivity index (χ2v) is 4.44. The van der Waals surface area contributed by atoms with Gasteiger partial charge in [0.2, 0.25) is 5.95 Å². The van der Waals surface area contributed by atoms with Crippen LogP contribution in [0.3, 0.4) is 0 Å². The minimum atomic E-state index is -0.417. The first-order valence-corrected chi connectivity index (χ1v) is 5.57. The molecule has 1 aromatic heterocycles. The summed E-state index contributed by atoms with van der Waals surface area (Å²) in [6.07, 6.45) is 0. The van der Waals surface area contributed by atoms with E-state index >= 15 is 0 Å². The fraction of sp³-hybridized carbons (Fsp3) is 0.800. The third-order valence-electron chi connectivity index (χ3n) is 2.95. The lowest BCUT2D eigenvalue weighted by Crippen LogP contribution is -2.44. The van der Waals surface area contributed by atoms with Crippen LogP contribution in [0.5, 0.6) is 0 Å². The van der Waals surface area contributed by atoms with Gasteiger partial charge >= 0.3 is 0 Å². The second-order valence-electron chi connectivity index (χ2n) is 4.44. The molecule has 6 nitrogen and oxygen atoms in total. The number of piperazine rings is 1. The van der Waals surface area contributed by atoms with Gasteiger partial charge in [-0.2, -0.15) is 4.98 Å². The van der Waals surface area contributed by atoms with Crippen molar-refractivity contribution in [3.05, 3.63) is 5.82 Å². The Labute approximate surface area is 95.4 Å². The van der Waals surface area contributed by atoms with E-state index in [1.54, 1.807) is 7.11 Å². The van der Waals surface area contributed by atoms with Crippen molar-refractivity contribution in [2.75, 3.05) is 38.2 Å². The molecule has 1 fully saturated rings. The van der Waals surface area contributed by atoms with Crippen LogP contribution in [0.2, 0.25) is 0 Å². The number of aromatic nitrogens is 3. The lowest BCUT2D eigenvalue weighted by molar-refractivity contribution is 0.0118. The summed E-state index contributed by atoms with van der Waals surface area (Å²) in [5.41, 5.74) is -0.417. The lowest BCUT2D eigenvalue weighted by Gasteiger charge is -2.26. The monoisotopic (exact) mass is 225 g/mol. The molecule has 2 N–H and O–H groups in total. The standard InChI is InChI=1S/C10H19N5O/c1-10(2,16-3)8-12-9(14-13-8)15-6-4-11-5-7-15/h11H,4-7H2,1-3H3,(H,12,13,14). The molecule has 1 saturated heterocycles. The summed E-state index contributed by atoms with van der Waals surface area (Å²) in [6.45, 7) is 7.80. The third kappa shape index (κ3) is 2.17. The Morgan fingerprint density at radius 3 is 2.62 bits per heavy atom. The predicted molar refractivity (Wildman–Crippen MR) is 61.5 cm³/mol. The molecule has 0 spiro atoms. The Kier molecular flexibility index (Phi) is 3.11. The van der Waals surface area contributed by atoms with E-state index in [9.17, 15) is 0 Å². The molecular formula is C10H19N5O. The van der Waals surface area contributed by atoms with Crippen LogP contribution in [0.4, 0.5) is 5.95 Å². The third-order valence-corrected chi connectivity index (χ3v) is 2.95. The zero-order chi connectivity index (χ0) is 11.6. The summed E-state index contributed by atoms with van der Waals surface area (Å²) in [5.74, 6) is 1.53. The van der Waals surface area contributed by atoms with Crippen LogP contribution in [0.1, 0.15) is 19.7 Å². The van der Waals surface area contributed by atoms with Gasteiger partial charge in [-0.25, -0.2) is 0 Å². The molecule has 1 aromatic rings. The van der Waals surface area contributed by atoms with Crippen molar-refractivity contribution < 1.29 is 4.74 Å². The minimum Gasteiger partial charge on any atom is -0.371 e. The highest BCUT2D eigenvalue weighted by atomic mass is 16.5. The van der Waals surface area contributed by atoms with Crippen molar-refractivity contribution in [1.29, 1.82) is 0 Å². The summed E-state index contributed by atoms with van der Waals surface area (Å²) in [4.78, 5) is 6.65. The zero-order valence-electron chi connectivity index (χ0n) is 10.1. The quantitative estimate of drug-likeness (QED) is 0.763.